The highest BCUT2D eigenvalue weighted by Crippen LogP contribution is 2.46. The molecule has 192 valence electrons. The van der Waals surface area contributed by atoms with Gasteiger partial charge in [-0.15, -0.1) is 11.7 Å². The molecule has 36 heavy (non-hydrogen) atoms. The number of rotatable bonds is 11. The van der Waals surface area contributed by atoms with Crippen molar-refractivity contribution in [2.45, 2.75) is 50.8 Å². The molecule has 10 heteroatoms. The zero-order valence-corrected chi connectivity index (χ0v) is 20.6. The standard InChI is InChI=1S/C26H34N6O4/c1-3-13-32-23-10-9-19(28-24(34)22-8-6-12-27-22)16-21(23)26(36,25(32)35)18(2)7-4-5-14-31-17-20(11-15-33)29-30-31/h3-4,7,9-10,16-18,22,27,33,36H,1,5-6,8,11-15H2,2H3,(H,28,34)/b7-4+/t18-,22-,26+/m1/s1. The summed E-state index contributed by atoms with van der Waals surface area (Å²) in [6.45, 7) is 7.24. The van der Waals surface area contributed by atoms with E-state index < -0.39 is 17.4 Å². The fourth-order valence-corrected chi connectivity index (χ4v) is 4.80. The number of carbonyl (C=O) groups is 2. The van der Waals surface area contributed by atoms with Crippen molar-refractivity contribution in [3.63, 3.8) is 0 Å². The Balaban J connectivity index is 1.51. The molecular formula is C26H34N6O4. The first-order valence-corrected chi connectivity index (χ1v) is 12.4. The highest BCUT2D eigenvalue weighted by Gasteiger charge is 2.52. The Hall–Kier alpha value is -3.34. The van der Waals surface area contributed by atoms with Crippen LogP contribution in [0.4, 0.5) is 11.4 Å². The lowest BCUT2D eigenvalue weighted by molar-refractivity contribution is -0.139. The first-order chi connectivity index (χ1) is 17.4. The Labute approximate surface area is 210 Å². The number of amides is 2. The minimum Gasteiger partial charge on any atom is -0.396 e. The summed E-state index contributed by atoms with van der Waals surface area (Å²) >= 11 is 0. The molecule has 1 aromatic carbocycles. The lowest BCUT2D eigenvalue weighted by atomic mass is 9.82. The van der Waals surface area contributed by atoms with E-state index in [1.165, 1.54) is 4.90 Å². The second-order valence-electron chi connectivity index (χ2n) is 9.29. The van der Waals surface area contributed by atoms with Crippen molar-refractivity contribution in [2.75, 3.05) is 29.9 Å². The molecule has 3 atom stereocenters. The van der Waals surface area contributed by atoms with Crippen molar-refractivity contribution in [3.05, 3.63) is 60.5 Å². The van der Waals surface area contributed by atoms with E-state index in [1.54, 1.807) is 42.1 Å². The Morgan fingerprint density at radius 2 is 2.28 bits per heavy atom. The molecule has 2 amide bonds. The van der Waals surface area contributed by atoms with Crippen LogP contribution in [0, 0.1) is 5.92 Å². The van der Waals surface area contributed by atoms with Crippen molar-refractivity contribution < 1.29 is 19.8 Å². The third-order valence-electron chi connectivity index (χ3n) is 6.79. The van der Waals surface area contributed by atoms with Gasteiger partial charge in [0.15, 0.2) is 5.60 Å². The number of fused-ring (bicyclic) bond motifs is 1. The molecule has 0 saturated carbocycles. The molecule has 3 heterocycles. The smallest absolute Gasteiger partial charge is 0.264 e. The van der Waals surface area contributed by atoms with E-state index in [1.807, 2.05) is 12.2 Å². The fraction of sp³-hybridized carbons (Fsp3) is 0.462. The molecule has 0 bridgehead atoms. The van der Waals surface area contributed by atoms with E-state index >= 15 is 0 Å². The number of benzene rings is 1. The van der Waals surface area contributed by atoms with Gasteiger partial charge in [0, 0.05) is 49.5 Å². The van der Waals surface area contributed by atoms with E-state index in [-0.39, 0.29) is 25.1 Å². The molecule has 2 aliphatic rings. The molecule has 10 nitrogen and oxygen atoms in total. The molecule has 1 fully saturated rings. The number of hydrogen-bond acceptors (Lipinski definition) is 7. The lowest BCUT2D eigenvalue weighted by Gasteiger charge is -2.27. The first-order valence-electron chi connectivity index (χ1n) is 12.4. The number of aromatic nitrogens is 3. The van der Waals surface area contributed by atoms with E-state index in [2.05, 4.69) is 27.5 Å². The number of nitrogens with zero attached hydrogens (tertiary/aromatic N) is 4. The van der Waals surface area contributed by atoms with Crippen molar-refractivity contribution in [1.82, 2.24) is 20.3 Å². The van der Waals surface area contributed by atoms with Gasteiger partial charge in [-0.1, -0.05) is 30.4 Å². The first kappa shape index (κ1) is 25.7. The highest BCUT2D eigenvalue weighted by atomic mass is 16.3. The molecule has 1 aromatic heterocycles. The van der Waals surface area contributed by atoms with Gasteiger partial charge < -0.3 is 25.7 Å². The molecule has 4 rings (SSSR count). The van der Waals surface area contributed by atoms with Crippen LogP contribution >= 0.6 is 0 Å². The summed E-state index contributed by atoms with van der Waals surface area (Å²) in [6.07, 6.45) is 9.99. The van der Waals surface area contributed by atoms with Crippen LogP contribution in [0.2, 0.25) is 0 Å². The SMILES string of the molecule is C=CCN1C(=O)[C@](O)([C@H](C)/C=C/CCn2cc(CCO)nn2)c2cc(NC(=O)[C@H]3CCCN3)ccc21. The Kier molecular flexibility index (Phi) is 7.97. The Morgan fingerprint density at radius 3 is 3.00 bits per heavy atom. The van der Waals surface area contributed by atoms with Crippen LogP contribution in [-0.2, 0) is 28.2 Å². The predicted molar refractivity (Wildman–Crippen MR) is 136 cm³/mol. The number of aliphatic hydroxyl groups is 2. The van der Waals surface area contributed by atoms with E-state index in [4.69, 9.17) is 5.11 Å². The molecule has 4 N–H and O–H groups in total. The van der Waals surface area contributed by atoms with Crippen molar-refractivity contribution in [1.29, 1.82) is 0 Å². The molecule has 0 spiro atoms. The summed E-state index contributed by atoms with van der Waals surface area (Å²) in [5.74, 6) is -1.06. The third-order valence-corrected chi connectivity index (χ3v) is 6.79. The van der Waals surface area contributed by atoms with Crippen molar-refractivity contribution in [3.8, 4) is 0 Å². The zero-order chi connectivity index (χ0) is 25.7. The molecule has 0 unspecified atom stereocenters. The van der Waals surface area contributed by atoms with Crippen LogP contribution in [0.3, 0.4) is 0 Å². The van der Waals surface area contributed by atoms with Crippen LogP contribution in [0.25, 0.3) is 0 Å². The van der Waals surface area contributed by atoms with Crippen LogP contribution < -0.4 is 15.5 Å². The second-order valence-corrected chi connectivity index (χ2v) is 9.29. The third kappa shape index (κ3) is 5.11. The summed E-state index contributed by atoms with van der Waals surface area (Å²) in [4.78, 5) is 27.6. The van der Waals surface area contributed by atoms with Crippen LogP contribution in [-0.4, -0.2) is 62.8 Å². The minimum absolute atomic E-state index is 0.0237. The van der Waals surface area contributed by atoms with Gasteiger partial charge in [-0.3, -0.25) is 14.3 Å². The minimum atomic E-state index is -1.78. The molecule has 0 radical (unpaired) electrons. The number of anilines is 2. The number of carbonyl (C=O) groups excluding carboxylic acids is 2. The quantitative estimate of drug-likeness (QED) is 0.348. The molecule has 2 aromatic rings. The van der Waals surface area contributed by atoms with Crippen LogP contribution in [0.15, 0.2) is 49.2 Å². The van der Waals surface area contributed by atoms with Crippen LogP contribution in [0.1, 0.15) is 37.4 Å². The lowest BCUT2D eigenvalue weighted by Crippen LogP contribution is -2.44. The maximum atomic E-state index is 13.4. The van der Waals surface area contributed by atoms with Crippen molar-refractivity contribution in [2.24, 2.45) is 5.92 Å². The number of nitrogens with one attached hydrogen (secondary N) is 2. The van der Waals surface area contributed by atoms with E-state index in [0.717, 1.165) is 25.1 Å². The number of aliphatic hydroxyl groups excluding tert-OH is 1. The number of aryl methyl sites for hydroxylation is 1. The van der Waals surface area contributed by atoms with Gasteiger partial charge in [0.25, 0.3) is 5.91 Å². The summed E-state index contributed by atoms with van der Waals surface area (Å²) in [5.41, 5.74) is 0.571. The number of allylic oxidation sites excluding steroid dienone is 1. The van der Waals surface area contributed by atoms with Crippen molar-refractivity contribution >= 4 is 23.2 Å². The van der Waals surface area contributed by atoms with Gasteiger partial charge >= 0.3 is 0 Å². The monoisotopic (exact) mass is 494 g/mol. The predicted octanol–water partition coefficient (Wildman–Crippen LogP) is 1.51. The highest BCUT2D eigenvalue weighted by molar-refractivity contribution is 6.08. The van der Waals surface area contributed by atoms with Gasteiger partial charge in [-0.05, 0) is 44.0 Å². The molecular weight excluding hydrogens is 460 g/mol. The average molecular weight is 495 g/mol. The number of hydrogen-bond donors (Lipinski definition) is 4. The normalized spacial score (nSPS) is 22.2. The average Bonchev–Trinajstić information content (AvgIpc) is 3.60. The van der Waals surface area contributed by atoms with Gasteiger partial charge in [0.05, 0.1) is 17.4 Å². The largest absolute Gasteiger partial charge is 0.396 e. The summed E-state index contributed by atoms with van der Waals surface area (Å²) in [5, 5.41) is 34.9. The maximum Gasteiger partial charge on any atom is 0.264 e. The zero-order valence-electron chi connectivity index (χ0n) is 20.6. The summed E-state index contributed by atoms with van der Waals surface area (Å²) in [6, 6.07) is 4.98. The van der Waals surface area contributed by atoms with Gasteiger partial charge in [0.2, 0.25) is 5.91 Å². The topological polar surface area (TPSA) is 133 Å². The summed E-state index contributed by atoms with van der Waals surface area (Å²) in [7, 11) is 0. The second kappa shape index (κ2) is 11.2. The van der Waals surface area contributed by atoms with Crippen LogP contribution in [0.5, 0.6) is 0 Å². The maximum absolute atomic E-state index is 13.4. The Bertz CT molecular complexity index is 1140. The van der Waals surface area contributed by atoms with E-state index in [0.29, 0.717) is 36.3 Å². The summed E-state index contributed by atoms with van der Waals surface area (Å²) < 4.78 is 1.70. The van der Waals surface area contributed by atoms with E-state index in [9.17, 15) is 14.7 Å². The molecule has 0 aliphatic carbocycles. The van der Waals surface area contributed by atoms with Gasteiger partial charge in [0.1, 0.15) is 0 Å². The Morgan fingerprint density at radius 1 is 1.44 bits per heavy atom. The molecule has 2 aliphatic heterocycles. The fourth-order valence-electron chi connectivity index (χ4n) is 4.80. The molecule has 1 saturated heterocycles. The van der Waals surface area contributed by atoms with Gasteiger partial charge in [-0.25, -0.2) is 0 Å². The van der Waals surface area contributed by atoms with Gasteiger partial charge in [-0.2, -0.15) is 0 Å².